The first-order chi connectivity index (χ1) is 8.23. The van der Waals surface area contributed by atoms with Crippen LogP contribution in [-0.2, 0) is 14.4 Å². The topological polar surface area (TPSA) is 130 Å². The second-order valence-corrected chi connectivity index (χ2v) is 4.57. The molecule has 0 rings (SSSR count). The van der Waals surface area contributed by atoms with Gasteiger partial charge in [-0.25, -0.2) is 4.79 Å². The van der Waals surface area contributed by atoms with E-state index in [0.717, 1.165) is 0 Å². The van der Waals surface area contributed by atoms with Crippen LogP contribution in [0.25, 0.3) is 0 Å². The van der Waals surface area contributed by atoms with Crippen molar-refractivity contribution in [3.8, 4) is 0 Å². The first kappa shape index (κ1) is 16.4. The molecule has 18 heavy (non-hydrogen) atoms. The summed E-state index contributed by atoms with van der Waals surface area (Å²) in [6.07, 6.45) is 0.205. The van der Waals surface area contributed by atoms with Crippen LogP contribution in [0.4, 0.5) is 0 Å². The Labute approximate surface area is 105 Å². The maximum absolute atomic E-state index is 11.4. The van der Waals surface area contributed by atoms with Gasteiger partial charge in [-0.3, -0.25) is 9.59 Å². The number of carbonyl (C=O) groups is 3. The van der Waals surface area contributed by atoms with E-state index >= 15 is 0 Å². The molecule has 104 valence electrons. The van der Waals surface area contributed by atoms with E-state index in [1.54, 1.807) is 0 Å². The zero-order chi connectivity index (χ0) is 14.3. The molecule has 0 heterocycles. The maximum atomic E-state index is 11.4. The Morgan fingerprint density at radius 1 is 1.17 bits per heavy atom. The molecule has 0 unspecified atom stereocenters. The van der Waals surface area contributed by atoms with Gasteiger partial charge in [0.25, 0.3) is 0 Å². The molecule has 0 aliphatic heterocycles. The van der Waals surface area contributed by atoms with E-state index in [0.29, 0.717) is 6.42 Å². The summed E-state index contributed by atoms with van der Waals surface area (Å²) in [7, 11) is 0. The minimum Gasteiger partial charge on any atom is -0.480 e. The van der Waals surface area contributed by atoms with Crippen LogP contribution in [0.3, 0.4) is 0 Å². The molecule has 0 saturated heterocycles. The van der Waals surface area contributed by atoms with Gasteiger partial charge in [0.15, 0.2) is 0 Å². The molecule has 0 bridgehead atoms. The van der Waals surface area contributed by atoms with Crippen LogP contribution in [0.2, 0.25) is 0 Å². The van der Waals surface area contributed by atoms with Gasteiger partial charge in [-0.2, -0.15) is 0 Å². The molecule has 7 nitrogen and oxygen atoms in total. The number of carbonyl (C=O) groups excluding carboxylic acids is 1. The van der Waals surface area contributed by atoms with Gasteiger partial charge in [-0.05, 0) is 18.8 Å². The normalized spacial score (nSPS) is 14.0. The third-order valence-corrected chi connectivity index (χ3v) is 2.34. The Kier molecular flexibility index (Phi) is 6.96. The molecule has 0 saturated carbocycles. The summed E-state index contributed by atoms with van der Waals surface area (Å²) < 4.78 is 0. The fourth-order valence-corrected chi connectivity index (χ4v) is 1.37. The van der Waals surface area contributed by atoms with E-state index in [-0.39, 0.29) is 18.8 Å². The molecule has 0 aromatic rings. The smallest absolute Gasteiger partial charge is 0.326 e. The van der Waals surface area contributed by atoms with Crippen LogP contribution in [0.1, 0.15) is 33.1 Å². The molecule has 2 atom stereocenters. The minimum absolute atomic E-state index is 0.0187. The zero-order valence-electron chi connectivity index (χ0n) is 10.5. The second-order valence-electron chi connectivity index (χ2n) is 4.57. The fourth-order valence-electron chi connectivity index (χ4n) is 1.37. The lowest BCUT2D eigenvalue weighted by Crippen LogP contribution is -2.42. The van der Waals surface area contributed by atoms with E-state index in [9.17, 15) is 14.4 Å². The van der Waals surface area contributed by atoms with Crippen LogP contribution in [0.5, 0.6) is 0 Å². The lowest BCUT2D eigenvalue weighted by atomic mass is 10.0. The van der Waals surface area contributed by atoms with Crippen molar-refractivity contribution in [3.05, 3.63) is 0 Å². The van der Waals surface area contributed by atoms with Gasteiger partial charge >= 0.3 is 11.9 Å². The predicted molar refractivity (Wildman–Crippen MR) is 63.9 cm³/mol. The number of carboxylic acids is 2. The van der Waals surface area contributed by atoms with Crippen LogP contribution < -0.4 is 11.1 Å². The quantitative estimate of drug-likeness (QED) is 0.478. The van der Waals surface area contributed by atoms with E-state index in [2.05, 4.69) is 5.32 Å². The summed E-state index contributed by atoms with van der Waals surface area (Å²) in [6, 6.07) is -2.05. The molecule has 7 heteroatoms. The number of hydrogen-bond donors (Lipinski definition) is 4. The molecule has 0 aliphatic rings. The summed E-state index contributed by atoms with van der Waals surface area (Å²) in [5.74, 6) is -2.65. The van der Waals surface area contributed by atoms with Crippen LogP contribution in [0.15, 0.2) is 0 Å². The average molecular weight is 260 g/mol. The Hall–Kier alpha value is -1.63. The van der Waals surface area contributed by atoms with Crippen LogP contribution in [0, 0.1) is 5.92 Å². The number of amides is 1. The van der Waals surface area contributed by atoms with Gasteiger partial charge in [-0.1, -0.05) is 13.8 Å². The van der Waals surface area contributed by atoms with Gasteiger partial charge in [0, 0.05) is 6.42 Å². The van der Waals surface area contributed by atoms with Gasteiger partial charge < -0.3 is 21.3 Å². The third-order valence-electron chi connectivity index (χ3n) is 2.34. The van der Waals surface area contributed by atoms with E-state index < -0.39 is 29.9 Å². The average Bonchev–Trinajstić information content (AvgIpc) is 2.23. The predicted octanol–water partition coefficient (Wildman–Crippen LogP) is -0.206. The molecule has 0 aromatic heterocycles. The lowest BCUT2D eigenvalue weighted by molar-refractivity contribution is -0.142. The highest BCUT2D eigenvalue weighted by Gasteiger charge is 2.21. The number of nitrogens with one attached hydrogen (secondary N) is 1. The minimum atomic E-state index is -1.18. The SMILES string of the molecule is CC(C)C[C@@H](NC(=O)CC[C@@H](N)C(=O)O)C(=O)O. The highest BCUT2D eigenvalue weighted by Crippen LogP contribution is 2.05. The maximum Gasteiger partial charge on any atom is 0.326 e. The number of hydrogen-bond acceptors (Lipinski definition) is 4. The molecule has 0 fully saturated rings. The first-order valence-corrected chi connectivity index (χ1v) is 5.74. The van der Waals surface area contributed by atoms with Gasteiger partial charge in [0.05, 0.1) is 0 Å². The Balaban J connectivity index is 4.18. The monoisotopic (exact) mass is 260 g/mol. The summed E-state index contributed by atoms with van der Waals surface area (Å²) >= 11 is 0. The summed E-state index contributed by atoms with van der Waals surface area (Å²) in [6.45, 7) is 3.70. The van der Waals surface area contributed by atoms with Crippen molar-refractivity contribution in [3.63, 3.8) is 0 Å². The highest BCUT2D eigenvalue weighted by atomic mass is 16.4. The van der Waals surface area contributed by atoms with Crippen molar-refractivity contribution in [2.24, 2.45) is 11.7 Å². The van der Waals surface area contributed by atoms with Crippen molar-refractivity contribution in [1.29, 1.82) is 0 Å². The fraction of sp³-hybridized carbons (Fsp3) is 0.727. The molecule has 0 aliphatic carbocycles. The van der Waals surface area contributed by atoms with Crippen molar-refractivity contribution < 1.29 is 24.6 Å². The number of rotatable bonds is 8. The van der Waals surface area contributed by atoms with Crippen molar-refractivity contribution in [2.45, 2.75) is 45.2 Å². The summed E-state index contributed by atoms with van der Waals surface area (Å²) in [5.41, 5.74) is 5.24. The number of carboxylic acid groups (broad SMARTS) is 2. The molecule has 1 amide bonds. The molecular weight excluding hydrogens is 240 g/mol. The largest absolute Gasteiger partial charge is 0.480 e. The molecule has 0 radical (unpaired) electrons. The number of aliphatic carboxylic acids is 2. The lowest BCUT2D eigenvalue weighted by Gasteiger charge is -2.16. The van der Waals surface area contributed by atoms with Crippen molar-refractivity contribution >= 4 is 17.8 Å². The third kappa shape index (κ3) is 6.85. The first-order valence-electron chi connectivity index (χ1n) is 5.74. The summed E-state index contributed by atoms with van der Waals surface area (Å²) in [4.78, 5) is 32.8. The zero-order valence-corrected chi connectivity index (χ0v) is 10.5. The molecular formula is C11H20N2O5. The van der Waals surface area contributed by atoms with Gasteiger partial charge in [0.2, 0.25) is 5.91 Å². The summed E-state index contributed by atoms with van der Waals surface area (Å²) in [5, 5.41) is 19.8. The number of nitrogens with two attached hydrogens (primary N) is 1. The second kappa shape index (κ2) is 7.65. The van der Waals surface area contributed by atoms with E-state index in [1.165, 1.54) is 0 Å². The van der Waals surface area contributed by atoms with Gasteiger partial charge in [0.1, 0.15) is 12.1 Å². The van der Waals surface area contributed by atoms with Crippen LogP contribution in [-0.4, -0.2) is 40.1 Å². The molecule has 5 N–H and O–H groups in total. The van der Waals surface area contributed by atoms with Crippen molar-refractivity contribution in [2.75, 3.05) is 0 Å². The van der Waals surface area contributed by atoms with E-state index in [1.807, 2.05) is 13.8 Å². The van der Waals surface area contributed by atoms with Crippen LogP contribution >= 0.6 is 0 Å². The Morgan fingerprint density at radius 2 is 1.72 bits per heavy atom. The highest BCUT2D eigenvalue weighted by molar-refractivity contribution is 5.84. The molecule has 0 spiro atoms. The van der Waals surface area contributed by atoms with Crippen molar-refractivity contribution in [1.82, 2.24) is 5.32 Å². The Morgan fingerprint density at radius 3 is 2.11 bits per heavy atom. The molecule has 0 aromatic carbocycles. The standard InChI is InChI=1S/C11H20N2O5/c1-6(2)5-8(11(17)18)13-9(14)4-3-7(12)10(15)16/h6-8H,3-5,12H2,1-2H3,(H,13,14)(H,15,16)(H,17,18)/t7-,8-/m1/s1. The Bertz CT molecular complexity index is 317. The van der Waals surface area contributed by atoms with E-state index in [4.69, 9.17) is 15.9 Å². The van der Waals surface area contributed by atoms with Gasteiger partial charge in [-0.15, -0.1) is 0 Å².